The number of anilines is 1. The summed E-state index contributed by atoms with van der Waals surface area (Å²) in [5, 5.41) is 13.4. The number of benzene rings is 1. The van der Waals surface area contributed by atoms with Crippen LogP contribution in [0.3, 0.4) is 0 Å². The van der Waals surface area contributed by atoms with E-state index in [4.69, 9.17) is 0 Å². The minimum atomic E-state index is -2.85. The molecule has 1 aliphatic carbocycles. The Morgan fingerprint density at radius 1 is 1.21 bits per heavy atom. The average molecular weight is 271 g/mol. The third kappa shape index (κ3) is 4.06. The molecule has 2 rings (SSSR count). The van der Waals surface area contributed by atoms with Crippen LogP contribution in [0.2, 0.25) is 0 Å². The highest BCUT2D eigenvalue weighted by atomic mass is 19.3. The van der Waals surface area contributed by atoms with Gasteiger partial charge in [-0.1, -0.05) is 31.4 Å². The van der Waals surface area contributed by atoms with E-state index in [1.54, 1.807) is 18.2 Å². The first-order valence-electron chi connectivity index (χ1n) is 6.59. The SMILES string of the molecule is OC1(CNc2ccccc2OC(F)F)CCCCC1. The molecule has 5 heteroatoms. The lowest BCUT2D eigenvalue weighted by Crippen LogP contribution is -2.38. The Morgan fingerprint density at radius 2 is 1.89 bits per heavy atom. The van der Waals surface area contributed by atoms with Crippen molar-refractivity contribution in [3.63, 3.8) is 0 Å². The van der Waals surface area contributed by atoms with Gasteiger partial charge in [0.2, 0.25) is 0 Å². The number of ether oxygens (including phenoxy) is 1. The number of nitrogens with one attached hydrogen (secondary N) is 1. The molecular formula is C14H19F2NO2. The predicted octanol–water partition coefficient (Wildman–Crippen LogP) is 3.40. The van der Waals surface area contributed by atoms with E-state index in [9.17, 15) is 13.9 Å². The molecular weight excluding hydrogens is 252 g/mol. The molecule has 1 saturated carbocycles. The van der Waals surface area contributed by atoms with Gasteiger partial charge >= 0.3 is 6.61 Å². The first-order chi connectivity index (χ1) is 9.09. The molecule has 0 aliphatic heterocycles. The molecule has 0 atom stereocenters. The van der Waals surface area contributed by atoms with Crippen molar-refractivity contribution in [3.8, 4) is 5.75 Å². The van der Waals surface area contributed by atoms with E-state index in [2.05, 4.69) is 10.1 Å². The summed E-state index contributed by atoms with van der Waals surface area (Å²) in [6.07, 6.45) is 4.66. The Bertz CT molecular complexity index is 406. The van der Waals surface area contributed by atoms with E-state index in [-0.39, 0.29) is 5.75 Å². The molecule has 1 aromatic carbocycles. The second kappa shape index (κ2) is 6.19. The molecule has 0 unspecified atom stereocenters. The van der Waals surface area contributed by atoms with Gasteiger partial charge in [-0.25, -0.2) is 0 Å². The first-order valence-corrected chi connectivity index (χ1v) is 6.59. The number of rotatable bonds is 5. The summed E-state index contributed by atoms with van der Waals surface area (Å²) in [5.41, 5.74) is -0.252. The summed E-state index contributed by atoms with van der Waals surface area (Å²) in [4.78, 5) is 0. The van der Waals surface area contributed by atoms with Crippen molar-refractivity contribution in [3.05, 3.63) is 24.3 Å². The standard InChI is InChI=1S/C14H19F2NO2/c15-13(16)19-12-7-3-2-6-11(12)17-10-14(18)8-4-1-5-9-14/h2-3,6-7,13,17-18H,1,4-5,8-10H2. The molecule has 0 amide bonds. The predicted molar refractivity (Wildman–Crippen MR) is 69.6 cm³/mol. The Hall–Kier alpha value is -1.36. The minimum absolute atomic E-state index is 0.108. The maximum absolute atomic E-state index is 12.3. The van der Waals surface area contributed by atoms with E-state index < -0.39 is 12.2 Å². The number of aliphatic hydroxyl groups is 1. The van der Waals surface area contributed by atoms with Crippen molar-refractivity contribution in [2.24, 2.45) is 0 Å². The van der Waals surface area contributed by atoms with Gasteiger partial charge < -0.3 is 15.2 Å². The summed E-state index contributed by atoms with van der Waals surface area (Å²) in [6, 6.07) is 6.53. The molecule has 106 valence electrons. The van der Waals surface area contributed by atoms with Crippen LogP contribution in [0.25, 0.3) is 0 Å². The summed E-state index contributed by atoms with van der Waals surface area (Å²) in [6.45, 7) is -2.49. The largest absolute Gasteiger partial charge is 0.433 e. The molecule has 3 nitrogen and oxygen atoms in total. The zero-order valence-electron chi connectivity index (χ0n) is 10.7. The van der Waals surface area contributed by atoms with Crippen LogP contribution in [0, 0.1) is 0 Å². The number of halogens is 2. The van der Waals surface area contributed by atoms with Crippen molar-refractivity contribution in [2.45, 2.75) is 44.3 Å². The molecule has 0 bridgehead atoms. The summed E-state index contributed by atoms with van der Waals surface area (Å²) < 4.78 is 29.0. The van der Waals surface area contributed by atoms with Crippen LogP contribution in [0.15, 0.2) is 24.3 Å². The van der Waals surface area contributed by atoms with Gasteiger partial charge in [0.05, 0.1) is 11.3 Å². The van der Waals surface area contributed by atoms with Crippen LogP contribution in [-0.2, 0) is 0 Å². The maximum Gasteiger partial charge on any atom is 0.387 e. The van der Waals surface area contributed by atoms with E-state index >= 15 is 0 Å². The second-order valence-corrected chi connectivity index (χ2v) is 5.01. The lowest BCUT2D eigenvalue weighted by Gasteiger charge is -2.32. The third-order valence-corrected chi connectivity index (χ3v) is 3.50. The lowest BCUT2D eigenvalue weighted by molar-refractivity contribution is -0.0494. The zero-order chi connectivity index (χ0) is 13.7. The first kappa shape index (κ1) is 14.1. The molecule has 0 spiro atoms. The van der Waals surface area contributed by atoms with Gasteiger partial charge in [0.25, 0.3) is 0 Å². The van der Waals surface area contributed by atoms with Gasteiger partial charge in [-0.05, 0) is 25.0 Å². The van der Waals surface area contributed by atoms with Crippen molar-refractivity contribution in [1.82, 2.24) is 0 Å². The van der Waals surface area contributed by atoms with Gasteiger partial charge in [-0.3, -0.25) is 0 Å². The molecule has 0 heterocycles. The fourth-order valence-corrected chi connectivity index (χ4v) is 2.46. The van der Waals surface area contributed by atoms with E-state index in [1.807, 2.05) is 0 Å². The number of hydrogen-bond acceptors (Lipinski definition) is 3. The van der Waals surface area contributed by atoms with Gasteiger partial charge in [-0.2, -0.15) is 8.78 Å². The van der Waals surface area contributed by atoms with Crippen molar-refractivity contribution >= 4 is 5.69 Å². The zero-order valence-corrected chi connectivity index (χ0v) is 10.7. The summed E-state index contributed by atoms with van der Waals surface area (Å²) in [5.74, 6) is 0.108. The highest BCUT2D eigenvalue weighted by molar-refractivity contribution is 5.56. The normalized spacial score (nSPS) is 18.3. The molecule has 1 aromatic rings. The van der Waals surface area contributed by atoms with E-state index in [1.165, 1.54) is 6.07 Å². The Kier molecular flexibility index (Phi) is 4.58. The Labute approximate surface area is 111 Å². The number of hydrogen-bond donors (Lipinski definition) is 2. The van der Waals surface area contributed by atoms with Crippen molar-refractivity contribution in [2.75, 3.05) is 11.9 Å². The van der Waals surface area contributed by atoms with Crippen LogP contribution < -0.4 is 10.1 Å². The quantitative estimate of drug-likeness (QED) is 0.862. The molecule has 0 aromatic heterocycles. The van der Waals surface area contributed by atoms with Crippen LogP contribution in [0.1, 0.15) is 32.1 Å². The highest BCUT2D eigenvalue weighted by Gasteiger charge is 2.29. The topological polar surface area (TPSA) is 41.5 Å². The van der Waals surface area contributed by atoms with E-state index in [0.717, 1.165) is 32.1 Å². The molecule has 0 saturated heterocycles. The fourth-order valence-electron chi connectivity index (χ4n) is 2.46. The van der Waals surface area contributed by atoms with Crippen LogP contribution >= 0.6 is 0 Å². The van der Waals surface area contributed by atoms with Crippen molar-refractivity contribution in [1.29, 1.82) is 0 Å². The Balaban J connectivity index is 1.98. The smallest absolute Gasteiger partial charge is 0.387 e. The monoisotopic (exact) mass is 271 g/mol. The van der Waals surface area contributed by atoms with Crippen LogP contribution in [0.5, 0.6) is 5.75 Å². The molecule has 1 aliphatic rings. The lowest BCUT2D eigenvalue weighted by atomic mass is 9.85. The number of alkyl halides is 2. The minimum Gasteiger partial charge on any atom is -0.433 e. The molecule has 19 heavy (non-hydrogen) atoms. The van der Waals surface area contributed by atoms with Gasteiger partial charge in [0, 0.05) is 6.54 Å². The summed E-state index contributed by atoms with van der Waals surface area (Å²) >= 11 is 0. The fraction of sp³-hybridized carbons (Fsp3) is 0.571. The van der Waals surface area contributed by atoms with Crippen LogP contribution in [-0.4, -0.2) is 23.9 Å². The molecule has 0 radical (unpaired) electrons. The molecule has 1 fully saturated rings. The number of para-hydroxylation sites is 2. The van der Waals surface area contributed by atoms with Gasteiger partial charge in [0.15, 0.2) is 0 Å². The maximum atomic E-state index is 12.3. The second-order valence-electron chi connectivity index (χ2n) is 5.01. The average Bonchev–Trinajstić information content (AvgIpc) is 2.38. The van der Waals surface area contributed by atoms with Gasteiger partial charge in [-0.15, -0.1) is 0 Å². The summed E-state index contributed by atoms with van der Waals surface area (Å²) in [7, 11) is 0. The van der Waals surface area contributed by atoms with E-state index in [0.29, 0.717) is 12.2 Å². The van der Waals surface area contributed by atoms with Crippen molar-refractivity contribution < 1.29 is 18.6 Å². The highest BCUT2D eigenvalue weighted by Crippen LogP contribution is 2.30. The molecule has 2 N–H and O–H groups in total. The van der Waals surface area contributed by atoms with Crippen LogP contribution in [0.4, 0.5) is 14.5 Å². The van der Waals surface area contributed by atoms with Gasteiger partial charge in [0.1, 0.15) is 5.75 Å². The third-order valence-electron chi connectivity index (χ3n) is 3.50. The Morgan fingerprint density at radius 3 is 2.58 bits per heavy atom.